The van der Waals surface area contributed by atoms with E-state index < -0.39 is 5.91 Å². The first-order valence-corrected chi connectivity index (χ1v) is 14.2. The molecule has 6 N–H and O–H groups in total. The first kappa shape index (κ1) is 27.4. The zero-order chi connectivity index (χ0) is 28.5. The minimum absolute atomic E-state index is 0.00497. The number of rotatable bonds is 8. The molecule has 0 radical (unpaired) electrons. The molecular formula is C28H37FN10O2. The van der Waals surface area contributed by atoms with Gasteiger partial charge in [-0.1, -0.05) is 0 Å². The number of piperidine rings is 1. The lowest BCUT2D eigenvalue weighted by molar-refractivity contribution is 0.0835. The molecule has 1 aliphatic carbocycles. The molecule has 1 aromatic carbocycles. The molecule has 2 aromatic heterocycles. The number of nitrogens with two attached hydrogens (primary N) is 1. The summed E-state index contributed by atoms with van der Waals surface area (Å²) in [6.45, 7) is 5.98. The molecule has 12 nitrogen and oxygen atoms in total. The number of anilines is 4. The summed E-state index contributed by atoms with van der Waals surface area (Å²) in [5.74, 6) is -0.605. The van der Waals surface area contributed by atoms with E-state index in [2.05, 4.69) is 52.5 Å². The first-order chi connectivity index (χ1) is 19.8. The number of aliphatic hydroxyl groups is 1. The summed E-state index contributed by atoms with van der Waals surface area (Å²) in [4.78, 5) is 28.6. The van der Waals surface area contributed by atoms with Gasteiger partial charge >= 0.3 is 0 Å². The van der Waals surface area contributed by atoms with E-state index in [1.165, 1.54) is 6.07 Å². The van der Waals surface area contributed by atoms with Crippen LogP contribution in [0.25, 0.3) is 11.4 Å². The largest absolute Gasteiger partial charge is 0.393 e. The number of amides is 1. The van der Waals surface area contributed by atoms with Crippen LogP contribution >= 0.6 is 0 Å². The molecule has 0 atom stereocenters. The molecule has 2 saturated heterocycles. The van der Waals surface area contributed by atoms with Gasteiger partial charge in [0.15, 0.2) is 17.3 Å². The number of carbonyl (C=O) groups is 1. The van der Waals surface area contributed by atoms with Gasteiger partial charge in [-0.15, -0.1) is 0 Å². The zero-order valence-electron chi connectivity index (χ0n) is 23.2. The van der Waals surface area contributed by atoms with Gasteiger partial charge in [0.2, 0.25) is 0 Å². The fourth-order valence-corrected chi connectivity index (χ4v) is 5.91. The molecule has 41 heavy (non-hydrogen) atoms. The van der Waals surface area contributed by atoms with E-state index in [4.69, 9.17) is 5.73 Å². The number of carbonyl (C=O) groups excluding carboxylic acids is 1. The van der Waals surface area contributed by atoms with E-state index in [0.717, 1.165) is 52.1 Å². The van der Waals surface area contributed by atoms with Crippen molar-refractivity contribution in [2.24, 2.45) is 5.73 Å². The summed E-state index contributed by atoms with van der Waals surface area (Å²) in [6.07, 6.45) is 4.38. The lowest BCUT2D eigenvalue weighted by Crippen LogP contribution is -2.52. The monoisotopic (exact) mass is 564 g/mol. The number of aromatic nitrogens is 4. The van der Waals surface area contributed by atoms with Crippen molar-refractivity contribution in [3.8, 4) is 11.4 Å². The second kappa shape index (κ2) is 11.6. The van der Waals surface area contributed by atoms with Crippen LogP contribution in [-0.2, 0) is 0 Å². The molecule has 13 heteroatoms. The lowest BCUT2D eigenvalue weighted by atomic mass is 9.89. The van der Waals surface area contributed by atoms with Crippen LogP contribution in [0, 0.1) is 5.82 Å². The number of benzene rings is 1. The SMILES string of the molecule is CN1CCN(C2CCN(c3ccc(Nc4nc(NC5CC(O)C5)c(-c5ccn[nH]5)nc4C(N)=O)cc3F)CC2)CC1. The molecule has 0 unspecified atom stereocenters. The Morgan fingerprint density at radius 3 is 2.46 bits per heavy atom. The van der Waals surface area contributed by atoms with Gasteiger partial charge in [0.05, 0.1) is 17.5 Å². The van der Waals surface area contributed by atoms with Crippen LogP contribution in [0.5, 0.6) is 0 Å². The van der Waals surface area contributed by atoms with Crippen molar-refractivity contribution in [3.05, 3.63) is 42.0 Å². The van der Waals surface area contributed by atoms with Gasteiger partial charge in [-0.05, 0) is 57.0 Å². The number of nitrogens with one attached hydrogen (secondary N) is 3. The number of aromatic amines is 1. The Labute approximate surface area is 238 Å². The summed E-state index contributed by atoms with van der Waals surface area (Å²) in [5.41, 5.74) is 7.52. The van der Waals surface area contributed by atoms with Crippen molar-refractivity contribution in [1.29, 1.82) is 0 Å². The molecule has 3 fully saturated rings. The summed E-state index contributed by atoms with van der Waals surface area (Å²) in [5, 5.41) is 22.9. The highest BCUT2D eigenvalue weighted by atomic mass is 19.1. The van der Waals surface area contributed by atoms with Crippen molar-refractivity contribution < 1.29 is 14.3 Å². The highest BCUT2D eigenvalue weighted by molar-refractivity contribution is 5.97. The number of aliphatic hydroxyl groups excluding tert-OH is 1. The van der Waals surface area contributed by atoms with Crippen LogP contribution < -0.4 is 21.3 Å². The molecule has 1 saturated carbocycles. The van der Waals surface area contributed by atoms with E-state index in [0.29, 0.717) is 47.5 Å². The number of likely N-dealkylation sites (N-methyl/N-ethyl adjacent to an activating group) is 1. The van der Waals surface area contributed by atoms with Crippen molar-refractivity contribution in [2.45, 2.75) is 43.9 Å². The Morgan fingerprint density at radius 1 is 1.07 bits per heavy atom. The normalized spacial score (nSPS) is 22.4. The van der Waals surface area contributed by atoms with Gasteiger partial charge in [-0.25, -0.2) is 14.4 Å². The maximum atomic E-state index is 15.4. The molecule has 4 heterocycles. The number of halogens is 1. The second-order valence-corrected chi connectivity index (χ2v) is 11.3. The van der Waals surface area contributed by atoms with E-state index >= 15 is 4.39 Å². The number of hydrogen-bond acceptors (Lipinski definition) is 10. The van der Waals surface area contributed by atoms with Gasteiger partial charge in [-0.3, -0.25) is 14.8 Å². The number of primary amides is 1. The third kappa shape index (κ3) is 5.97. The van der Waals surface area contributed by atoms with E-state index in [1.54, 1.807) is 24.4 Å². The van der Waals surface area contributed by atoms with E-state index in [-0.39, 0.29) is 29.5 Å². The topological polar surface area (TPSA) is 152 Å². The lowest BCUT2D eigenvalue weighted by Gasteiger charge is -2.42. The minimum atomic E-state index is -0.772. The number of nitrogens with zero attached hydrogens (tertiary/aromatic N) is 6. The van der Waals surface area contributed by atoms with Crippen molar-refractivity contribution >= 4 is 28.9 Å². The maximum absolute atomic E-state index is 15.4. The standard InChI is InChI=1S/C28H37FN10O2/c1-37-10-12-38(13-11-37)19-5-8-39(9-6-19)23-3-2-17(16-21(23)29)32-28-25(26(30)41)34-24(22-4-7-31-36-22)27(35-28)33-18-14-20(40)15-18/h2-4,7,16,18-20,40H,5-6,8-15H2,1H3,(H2,30,41)(H,31,36)(H2,32,33,35). The predicted molar refractivity (Wildman–Crippen MR) is 155 cm³/mol. The summed E-state index contributed by atoms with van der Waals surface area (Å²) in [6, 6.07) is 7.21. The molecule has 3 aromatic rings. The molecule has 6 rings (SSSR count). The Hall–Kier alpha value is -3.81. The third-order valence-electron chi connectivity index (χ3n) is 8.41. The fraction of sp³-hybridized carbons (Fsp3) is 0.500. The zero-order valence-corrected chi connectivity index (χ0v) is 23.2. The Bertz CT molecular complexity index is 1360. The number of piperazine rings is 1. The smallest absolute Gasteiger partial charge is 0.271 e. The van der Waals surface area contributed by atoms with E-state index in [1.807, 2.05) is 0 Å². The van der Waals surface area contributed by atoms with Gasteiger partial charge in [0.25, 0.3) is 5.91 Å². The van der Waals surface area contributed by atoms with Crippen LogP contribution in [0.1, 0.15) is 36.2 Å². The Kier molecular flexibility index (Phi) is 7.73. The Morgan fingerprint density at radius 2 is 1.83 bits per heavy atom. The number of hydrogen-bond donors (Lipinski definition) is 5. The minimum Gasteiger partial charge on any atom is -0.393 e. The average molecular weight is 565 g/mol. The summed E-state index contributed by atoms with van der Waals surface area (Å²) >= 11 is 0. The molecule has 218 valence electrons. The van der Waals surface area contributed by atoms with Crippen LogP contribution in [0.4, 0.5) is 27.4 Å². The third-order valence-corrected chi connectivity index (χ3v) is 8.41. The van der Waals surface area contributed by atoms with Crippen LogP contribution in [0.15, 0.2) is 30.5 Å². The molecule has 3 aliphatic rings. The van der Waals surface area contributed by atoms with Crippen molar-refractivity contribution in [3.63, 3.8) is 0 Å². The quantitative estimate of drug-likeness (QED) is 0.275. The van der Waals surface area contributed by atoms with Crippen LogP contribution in [0.3, 0.4) is 0 Å². The summed E-state index contributed by atoms with van der Waals surface area (Å²) in [7, 11) is 2.16. The van der Waals surface area contributed by atoms with Crippen LogP contribution in [-0.4, -0.2) is 105 Å². The number of H-pyrrole nitrogens is 1. The van der Waals surface area contributed by atoms with Crippen molar-refractivity contribution in [2.75, 3.05) is 61.8 Å². The van der Waals surface area contributed by atoms with Gasteiger partial charge in [0.1, 0.15) is 11.5 Å². The summed E-state index contributed by atoms with van der Waals surface area (Å²) < 4.78 is 15.4. The highest BCUT2D eigenvalue weighted by Crippen LogP contribution is 2.33. The average Bonchev–Trinajstić information content (AvgIpc) is 3.48. The molecule has 0 spiro atoms. The van der Waals surface area contributed by atoms with E-state index in [9.17, 15) is 9.90 Å². The second-order valence-electron chi connectivity index (χ2n) is 11.3. The van der Waals surface area contributed by atoms with Gasteiger partial charge < -0.3 is 31.3 Å². The highest BCUT2D eigenvalue weighted by Gasteiger charge is 2.30. The maximum Gasteiger partial charge on any atom is 0.271 e. The molecule has 1 amide bonds. The van der Waals surface area contributed by atoms with Gasteiger partial charge in [0, 0.05) is 63.2 Å². The molecule has 0 bridgehead atoms. The fourth-order valence-electron chi connectivity index (χ4n) is 5.91. The predicted octanol–water partition coefficient (Wildman–Crippen LogP) is 2.00. The van der Waals surface area contributed by atoms with Gasteiger partial charge in [-0.2, -0.15) is 5.10 Å². The molecule has 2 aliphatic heterocycles. The first-order valence-electron chi connectivity index (χ1n) is 14.2. The molecular weight excluding hydrogens is 527 g/mol. The van der Waals surface area contributed by atoms with Crippen molar-refractivity contribution in [1.82, 2.24) is 30.0 Å². The van der Waals surface area contributed by atoms with Crippen LogP contribution in [0.2, 0.25) is 0 Å². The Balaban J connectivity index is 1.19.